The van der Waals surface area contributed by atoms with E-state index < -0.39 is 12.1 Å². The van der Waals surface area contributed by atoms with Crippen LogP contribution in [0.4, 0.5) is 13.2 Å². The molecule has 12 nitrogen and oxygen atoms in total. The van der Waals surface area contributed by atoms with Crippen LogP contribution in [0.1, 0.15) is 81.3 Å². The summed E-state index contributed by atoms with van der Waals surface area (Å²) in [5, 5.41) is 40.5. The molecule has 4 aromatic rings. The number of carboxylic acids is 1. The molecule has 242 valence electrons. The first-order valence-corrected chi connectivity index (χ1v) is 14.5. The summed E-state index contributed by atoms with van der Waals surface area (Å²) in [6.45, 7) is 12.2. The number of tetrazole rings is 2. The summed E-state index contributed by atoms with van der Waals surface area (Å²) in [5.41, 5.74) is 3.23. The average Bonchev–Trinajstić information content (AvgIpc) is 3.85. The lowest BCUT2D eigenvalue weighted by Gasteiger charge is -2.23. The maximum atomic E-state index is 10.6. The summed E-state index contributed by atoms with van der Waals surface area (Å²) in [6, 6.07) is 21.0. The van der Waals surface area contributed by atoms with Crippen molar-refractivity contribution >= 4 is 11.5 Å². The Kier molecular flexibility index (Phi) is 12.9. The highest BCUT2D eigenvalue weighted by Crippen LogP contribution is 2.25. The summed E-state index contributed by atoms with van der Waals surface area (Å²) in [4.78, 5) is 10.6. The first-order chi connectivity index (χ1) is 21.4. The van der Waals surface area contributed by atoms with Gasteiger partial charge in [0.15, 0.2) is 11.6 Å². The van der Waals surface area contributed by atoms with Crippen molar-refractivity contribution < 1.29 is 23.1 Å². The van der Waals surface area contributed by atoms with Crippen LogP contribution in [0.5, 0.6) is 0 Å². The molecule has 0 aliphatic carbocycles. The number of carboxylic acid groups (broad SMARTS) is 1. The van der Waals surface area contributed by atoms with Crippen LogP contribution in [-0.4, -0.2) is 71.2 Å². The molecular formula is C30H39F3N10O2. The molecule has 0 bridgehead atoms. The second-order valence-corrected chi connectivity index (χ2v) is 10.9. The predicted octanol–water partition coefficient (Wildman–Crippen LogP) is 4.86. The summed E-state index contributed by atoms with van der Waals surface area (Å²) >= 11 is 0. The molecule has 15 heteroatoms. The Hall–Kier alpha value is -4.50. The second-order valence-electron chi connectivity index (χ2n) is 10.9. The smallest absolute Gasteiger partial charge is 0.475 e. The van der Waals surface area contributed by atoms with E-state index in [1.54, 1.807) is 4.80 Å². The number of nitrogens with one attached hydrogen (secondary N) is 3. The fraction of sp³-hybridized carbons (Fsp3) is 0.433. The molecule has 2 aliphatic heterocycles. The number of alkyl halides is 3. The molecule has 0 spiro atoms. The van der Waals surface area contributed by atoms with Crippen LogP contribution in [0.15, 0.2) is 67.2 Å². The van der Waals surface area contributed by atoms with Crippen LogP contribution >= 0.6 is 0 Å². The van der Waals surface area contributed by atoms with Crippen LogP contribution in [0.2, 0.25) is 0 Å². The number of halogens is 3. The van der Waals surface area contributed by atoms with E-state index in [0.717, 1.165) is 43.2 Å². The average molecular weight is 629 g/mol. The zero-order valence-electron chi connectivity index (χ0n) is 25.5. The Morgan fingerprint density at radius 3 is 1.87 bits per heavy atom. The van der Waals surface area contributed by atoms with Crippen molar-refractivity contribution in [1.29, 1.82) is 0 Å². The molecule has 2 aromatic heterocycles. The van der Waals surface area contributed by atoms with Gasteiger partial charge in [0, 0.05) is 0 Å². The lowest BCUT2D eigenvalue weighted by atomic mass is 9.95. The zero-order chi connectivity index (χ0) is 32.9. The molecule has 2 atom stereocenters. The third-order valence-corrected chi connectivity index (χ3v) is 7.02. The fourth-order valence-corrected chi connectivity index (χ4v) is 4.41. The first-order valence-electron chi connectivity index (χ1n) is 14.5. The Balaban J connectivity index is 0.000000180. The van der Waals surface area contributed by atoms with Crippen LogP contribution < -0.4 is 10.6 Å². The van der Waals surface area contributed by atoms with E-state index in [4.69, 9.17) is 9.90 Å². The van der Waals surface area contributed by atoms with Gasteiger partial charge in [-0.3, -0.25) is 0 Å². The van der Waals surface area contributed by atoms with Gasteiger partial charge in [0.2, 0.25) is 0 Å². The topological polar surface area (TPSA) is 159 Å². The van der Waals surface area contributed by atoms with Crippen molar-refractivity contribution in [3.05, 3.63) is 90.0 Å². The highest BCUT2D eigenvalue weighted by atomic mass is 19.4. The Bertz CT molecular complexity index is 1430. The van der Waals surface area contributed by atoms with Gasteiger partial charge < -0.3 is 15.7 Å². The summed E-state index contributed by atoms with van der Waals surface area (Å²) < 4.78 is 31.7. The van der Waals surface area contributed by atoms with Gasteiger partial charge in [-0.15, -0.1) is 20.4 Å². The molecule has 4 heterocycles. The number of allylic oxidation sites excluding steroid dienone is 1. The number of H-pyrrole nitrogens is 1. The Morgan fingerprint density at radius 1 is 0.911 bits per heavy atom. The van der Waals surface area contributed by atoms with E-state index in [9.17, 15) is 13.2 Å². The highest BCUT2D eigenvalue weighted by Gasteiger charge is 2.38. The molecule has 0 saturated carbocycles. The number of aromatic amines is 1. The van der Waals surface area contributed by atoms with Crippen LogP contribution in [0, 0.1) is 0 Å². The van der Waals surface area contributed by atoms with Crippen LogP contribution in [0.25, 0.3) is 5.57 Å². The van der Waals surface area contributed by atoms with Crippen molar-refractivity contribution in [3.63, 3.8) is 0 Å². The quantitative estimate of drug-likeness (QED) is 0.240. The predicted molar refractivity (Wildman–Crippen MR) is 162 cm³/mol. The molecule has 45 heavy (non-hydrogen) atoms. The molecule has 2 aromatic carbocycles. The minimum atomic E-state index is -5.08. The lowest BCUT2D eigenvalue weighted by molar-refractivity contribution is -0.192. The van der Waals surface area contributed by atoms with Gasteiger partial charge in [-0.25, -0.2) is 4.79 Å². The normalized spacial score (nSPS) is 17.6. The van der Waals surface area contributed by atoms with Gasteiger partial charge in [-0.05, 0) is 75.9 Å². The van der Waals surface area contributed by atoms with E-state index >= 15 is 0 Å². The molecule has 0 unspecified atom stereocenters. The zero-order valence-corrected chi connectivity index (χ0v) is 25.5. The highest BCUT2D eigenvalue weighted by molar-refractivity contribution is 5.73. The molecule has 2 fully saturated rings. The van der Waals surface area contributed by atoms with E-state index in [1.165, 1.54) is 24.0 Å². The summed E-state index contributed by atoms with van der Waals surface area (Å²) in [5.74, 6) is -1.16. The minimum Gasteiger partial charge on any atom is -0.475 e. The van der Waals surface area contributed by atoms with Gasteiger partial charge >= 0.3 is 12.1 Å². The fourth-order valence-electron chi connectivity index (χ4n) is 4.41. The number of carbonyl (C=O) groups is 1. The number of hydrogen-bond acceptors (Lipinski definition) is 9. The minimum absolute atomic E-state index is 0.264. The van der Waals surface area contributed by atoms with Crippen LogP contribution in [-0.2, 0) is 10.3 Å². The maximum Gasteiger partial charge on any atom is 0.490 e. The number of aromatic nitrogens is 8. The van der Waals surface area contributed by atoms with Crippen LogP contribution in [0.3, 0.4) is 0 Å². The number of aliphatic carboxylic acids is 1. The number of rotatable bonds is 5. The molecule has 2 saturated heterocycles. The first kappa shape index (κ1) is 35.0. The summed E-state index contributed by atoms with van der Waals surface area (Å²) in [7, 11) is 0. The SMILES string of the molecule is C1CN[C@@H](c2nn[nH]n2)C1.C=C(C)c1ccccc1.CC(C)(c1ccccc1)n1nnc([C@H]2CCCN2)n1.O=C(O)C(F)(F)F. The van der Waals surface area contributed by atoms with Gasteiger partial charge in [0.05, 0.1) is 12.1 Å². The van der Waals surface area contributed by atoms with Crippen molar-refractivity contribution in [2.75, 3.05) is 13.1 Å². The van der Waals surface area contributed by atoms with Crippen molar-refractivity contribution in [3.8, 4) is 0 Å². The third kappa shape index (κ3) is 10.9. The Labute approximate surface area is 259 Å². The molecular weight excluding hydrogens is 589 g/mol. The molecule has 4 N–H and O–H groups in total. The molecule has 6 rings (SSSR count). The number of benzene rings is 2. The van der Waals surface area contributed by atoms with Crippen molar-refractivity contribution in [2.24, 2.45) is 0 Å². The van der Waals surface area contributed by atoms with E-state index in [-0.39, 0.29) is 11.6 Å². The third-order valence-electron chi connectivity index (χ3n) is 7.02. The standard InChI is InChI=1S/C14H19N5.C9H10.C5H9N5.C2HF3O2/c1-14(2,11-7-4-3-5-8-11)19-17-13(16-18-19)12-9-6-10-15-12;1-8(2)9-6-4-3-5-7-9;1-2-4(6-3-1)5-7-9-10-8-5;3-2(4,5)1(6)7/h3-5,7-8,12,15H,6,9-10H2,1-2H3;3-7H,1H2,2H3;4,6H,1-3H2,(H,7,8,9,10);(H,6,7)/t12-;;4-;/m1.1./s1. The van der Waals surface area contributed by atoms with Gasteiger partial charge in [0.25, 0.3) is 0 Å². The van der Waals surface area contributed by atoms with Crippen molar-refractivity contribution in [2.45, 2.75) is 70.3 Å². The molecule has 0 amide bonds. The summed E-state index contributed by atoms with van der Waals surface area (Å²) in [6.07, 6.45) is -0.475. The monoisotopic (exact) mass is 628 g/mol. The van der Waals surface area contributed by atoms with E-state index in [1.807, 2.05) is 43.3 Å². The molecule has 0 radical (unpaired) electrons. The number of nitrogens with zero attached hydrogens (tertiary/aromatic N) is 7. The largest absolute Gasteiger partial charge is 0.490 e. The van der Waals surface area contributed by atoms with E-state index in [0.29, 0.717) is 6.04 Å². The van der Waals surface area contributed by atoms with Gasteiger partial charge in [0.1, 0.15) is 5.54 Å². The van der Waals surface area contributed by atoms with Gasteiger partial charge in [-0.1, -0.05) is 78.0 Å². The number of hydrogen-bond donors (Lipinski definition) is 4. The van der Waals surface area contributed by atoms with Gasteiger partial charge in [-0.2, -0.15) is 23.2 Å². The van der Waals surface area contributed by atoms with E-state index in [2.05, 4.69) is 91.4 Å². The second kappa shape index (κ2) is 16.5. The Morgan fingerprint density at radius 2 is 1.44 bits per heavy atom. The molecule has 2 aliphatic rings. The lowest BCUT2D eigenvalue weighted by Crippen LogP contribution is -2.30. The maximum absolute atomic E-state index is 10.6. The van der Waals surface area contributed by atoms with Crippen molar-refractivity contribution in [1.82, 2.24) is 51.5 Å².